The van der Waals surface area contributed by atoms with E-state index in [1.165, 1.54) is 0 Å². The van der Waals surface area contributed by atoms with Crippen LogP contribution in [-0.2, 0) is 11.3 Å². The Kier molecular flexibility index (Phi) is 5.91. The summed E-state index contributed by atoms with van der Waals surface area (Å²) in [6, 6.07) is 5.79. The van der Waals surface area contributed by atoms with E-state index in [-0.39, 0.29) is 24.2 Å². The van der Waals surface area contributed by atoms with Crippen molar-refractivity contribution in [2.45, 2.75) is 6.54 Å². The number of carbonyl (C=O) groups is 1. The van der Waals surface area contributed by atoms with E-state index in [1.54, 1.807) is 7.11 Å². The van der Waals surface area contributed by atoms with Gasteiger partial charge in [0.1, 0.15) is 5.75 Å². The van der Waals surface area contributed by atoms with E-state index in [2.05, 4.69) is 26.6 Å². The quantitative estimate of drug-likeness (QED) is 0.881. The van der Waals surface area contributed by atoms with Gasteiger partial charge in [-0.15, -0.1) is 12.4 Å². The molecule has 2 rings (SSSR count). The van der Waals surface area contributed by atoms with Gasteiger partial charge in [-0.3, -0.25) is 4.79 Å². The van der Waals surface area contributed by atoms with Gasteiger partial charge in [0.25, 0.3) is 0 Å². The maximum Gasteiger partial charge on any atom is 0.225 e. The Hall–Kier alpha value is -0.780. The molecule has 1 fully saturated rings. The van der Waals surface area contributed by atoms with Crippen molar-refractivity contribution in [3.05, 3.63) is 28.2 Å². The average molecular weight is 336 g/mol. The molecule has 2 N–H and O–H groups in total. The Morgan fingerprint density at radius 3 is 2.78 bits per heavy atom. The molecule has 100 valence electrons. The number of halogens is 2. The van der Waals surface area contributed by atoms with Gasteiger partial charge in [-0.1, -0.05) is 6.07 Å². The highest BCUT2D eigenvalue weighted by Gasteiger charge is 2.24. The standard InChI is InChI=1S/C12H15BrN2O2.ClH/c1-17-11-3-2-8(4-10(11)13)5-15-12(16)9-6-14-7-9;/h2-4,9,14H,5-7H2,1H3,(H,15,16);1H. The normalized spacial score (nSPS) is 14.3. The molecule has 4 nitrogen and oxygen atoms in total. The number of nitrogens with one attached hydrogen (secondary N) is 2. The number of hydrogen-bond acceptors (Lipinski definition) is 3. The Morgan fingerprint density at radius 2 is 2.28 bits per heavy atom. The highest BCUT2D eigenvalue weighted by molar-refractivity contribution is 9.10. The fourth-order valence-electron chi connectivity index (χ4n) is 1.63. The van der Waals surface area contributed by atoms with Gasteiger partial charge < -0.3 is 15.4 Å². The van der Waals surface area contributed by atoms with Gasteiger partial charge >= 0.3 is 0 Å². The lowest BCUT2D eigenvalue weighted by Crippen LogP contribution is -2.50. The summed E-state index contributed by atoms with van der Waals surface area (Å²) in [5, 5.41) is 6.00. The average Bonchev–Trinajstić information content (AvgIpc) is 2.24. The second kappa shape index (κ2) is 6.97. The summed E-state index contributed by atoms with van der Waals surface area (Å²) in [6.45, 7) is 2.13. The monoisotopic (exact) mass is 334 g/mol. The number of methoxy groups -OCH3 is 1. The van der Waals surface area contributed by atoms with Crippen LogP contribution in [-0.4, -0.2) is 26.1 Å². The molecule has 0 unspecified atom stereocenters. The fourth-order valence-corrected chi connectivity index (χ4v) is 2.22. The van der Waals surface area contributed by atoms with Crippen molar-refractivity contribution in [3.8, 4) is 5.75 Å². The van der Waals surface area contributed by atoms with Crippen molar-refractivity contribution < 1.29 is 9.53 Å². The second-order valence-electron chi connectivity index (χ2n) is 4.04. The maximum absolute atomic E-state index is 11.6. The number of carbonyl (C=O) groups excluding carboxylic acids is 1. The first-order valence-electron chi connectivity index (χ1n) is 5.51. The molecule has 0 atom stereocenters. The van der Waals surface area contributed by atoms with E-state index >= 15 is 0 Å². The van der Waals surface area contributed by atoms with Crippen LogP contribution in [0.3, 0.4) is 0 Å². The molecule has 0 saturated carbocycles. The lowest BCUT2D eigenvalue weighted by atomic mass is 10.0. The summed E-state index contributed by atoms with van der Waals surface area (Å²) in [4.78, 5) is 11.6. The number of rotatable bonds is 4. The van der Waals surface area contributed by atoms with Crippen LogP contribution in [0.2, 0.25) is 0 Å². The van der Waals surface area contributed by atoms with E-state index < -0.39 is 0 Å². The minimum atomic E-state index is 0. The smallest absolute Gasteiger partial charge is 0.225 e. The molecule has 0 spiro atoms. The Balaban J connectivity index is 0.00000162. The minimum Gasteiger partial charge on any atom is -0.496 e. The van der Waals surface area contributed by atoms with Crippen LogP contribution < -0.4 is 15.4 Å². The number of hydrogen-bond donors (Lipinski definition) is 2. The van der Waals surface area contributed by atoms with Gasteiger partial charge in [0.2, 0.25) is 5.91 Å². The molecule has 1 aliphatic heterocycles. The molecular formula is C12H16BrClN2O2. The minimum absolute atomic E-state index is 0. The van der Waals surface area contributed by atoms with Gasteiger partial charge in [-0.2, -0.15) is 0 Å². The fraction of sp³-hybridized carbons (Fsp3) is 0.417. The van der Waals surface area contributed by atoms with Crippen LogP contribution in [0.25, 0.3) is 0 Å². The van der Waals surface area contributed by atoms with Crippen molar-refractivity contribution in [3.63, 3.8) is 0 Å². The first-order valence-corrected chi connectivity index (χ1v) is 6.31. The van der Waals surface area contributed by atoms with Crippen molar-refractivity contribution in [2.24, 2.45) is 5.92 Å². The molecule has 1 aromatic carbocycles. The van der Waals surface area contributed by atoms with Crippen molar-refractivity contribution in [1.29, 1.82) is 0 Å². The van der Waals surface area contributed by atoms with Crippen LogP contribution in [0, 0.1) is 5.92 Å². The van der Waals surface area contributed by atoms with Gasteiger partial charge in [0, 0.05) is 19.6 Å². The van der Waals surface area contributed by atoms with Gasteiger partial charge in [0.15, 0.2) is 0 Å². The third-order valence-corrected chi connectivity index (χ3v) is 3.45. The zero-order valence-electron chi connectivity index (χ0n) is 10.0. The van der Waals surface area contributed by atoms with Crippen molar-refractivity contribution >= 4 is 34.2 Å². The third-order valence-electron chi connectivity index (χ3n) is 2.84. The summed E-state index contributed by atoms with van der Waals surface area (Å²) in [6.07, 6.45) is 0. The first-order chi connectivity index (χ1) is 8.20. The molecule has 6 heteroatoms. The largest absolute Gasteiger partial charge is 0.496 e. The van der Waals surface area contributed by atoms with Crippen LogP contribution in [0.15, 0.2) is 22.7 Å². The van der Waals surface area contributed by atoms with Crippen LogP contribution >= 0.6 is 28.3 Å². The maximum atomic E-state index is 11.6. The summed E-state index contributed by atoms with van der Waals surface area (Å²) < 4.78 is 6.05. The highest BCUT2D eigenvalue weighted by Crippen LogP contribution is 2.25. The van der Waals surface area contributed by atoms with E-state index in [0.717, 1.165) is 28.9 Å². The predicted octanol–water partition coefficient (Wildman–Crippen LogP) is 1.72. The second-order valence-corrected chi connectivity index (χ2v) is 4.90. The molecule has 1 amide bonds. The Bertz CT molecular complexity index is 425. The molecule has 0 aliphatic carbocycles. The zero-order chi connectivity index (χ0) is 12.3. The summed E-state index contributed by atoms with van der Waals surface area (Å²) in [5.41, 5.74) is 1.05. The third kappa shape index (κ3) is 3.60. The Labute approximate surface area is 121 Å². The van der Waals surface area contributed by atoms with Crippen LogP contribution in [0.1, 0.15) is 5.56 Å². The molecule has 18 heavy (non-hydrogen) atoms. The van der Waals surface area contributed by atoms with Crippen molar-refractivity contribution in [2.75, 3.05) is 20.2 Å². The lowest BCUT2D eigenvalue weighted by Gasteiger charge is -2.25. The first kappa shape index (κ1) is 15.3. The van der Waals surface area contributed by atoms with Gasteiger partial charge in [-0.25, -0.2) is 0 Å². The number of benzene rings is 1. The van der Waals surface area contributed by atoms with Crippen LogP contribution in [0.4, 0.5) is 0 Å². The molecule has 1 heterocycles. The molecule has 0 aromatic heterocycles. The molecule has 1 aliphatic rings. The highest BCUT2D eigenvalue weighted by atomic mass is 79.9. The zero-order valence-corrected chi connectivity index (χ0v) is 12.4. The van der Waals surface area contributed by atoms with Crippen LogP contribution in [0.5, 0.6) is 5.75 Å². The number of amides is 1. The molecular weight excluding hydrogens is 320 g/mol. The Morgan fingerprint density at radius 1 is 1.56 bits per heavy atom. The predicted molar refractivity (Wildman–Crippen MR) is 76.1 cm³/mol. The summed E-state index contributed by atoms with van der Waals surface area (Å²) in [5.74, 6) is 1.05. The molecule has 1 saturated heterocycles. The van der Waals surface area contributed by atoms with Gasteiger partial charge in [-0.05, 0) is 33.6 Å². The van der Waals surface area contributed by atoms with Gasteiger partial charge in [0.05, 0.1) is 17.5 Å². The van der Waals surface area contributed by atoms with E-state index in [0.29, 0.717) is 6.54 Å². The summed E-state index contributed by atoms with van der Waals surface area (Å²) in [7, 11) is 1.63. The SMILES string of the molecule is COc1ccc(CNC(=O)C2CNC2)cc1Br.Cl. The molecule has 1 aromatic rings. The summed E-state index contributed by atoms with van der Waals surface area (Å²) >= 11 is 3.42. The topological polar surface area (TPSA) is 50.4 Å². The number of ether oxygens (including phenoxy) is 1. The molecule has 0 radical (unpaired) electrons. The van der Waals surface area contributed by atoms with E-state index in [4.69, 9.17) is 4.74 Å². The van der Waals surface area contributed by atoms with E-state index in [9.17, 15) is 4.79 Å². The lowest BCUT2D eigenvalue weighted by molar-refractivity contribution is -0.126. The van der Waals surface area contributed by atoms with Crippen molar-refractivity contribution in [1.82, 2.24) is 10.6 Å². The molecule has 0 bridgehead atoms. The van der Waals surface area contributed by atoms with E-state index in [1.807, 2.05) is 18.2 Å².